The first-order valence-corrected chi connectivity index (χ1v) is 10.4. The lowest BCUT2D eigenvalue weighted by atomic mass is 10.1. The number of rotatable bonds is 4. The second-order valence-electron chi connectivity index (χ2n) is 6.15. The summed E-state index contributed by atoms with van der Waals surface area (Å²) >= 11 is 3.42. The van der Waals surface area contributed by atoms with E-state index in [0.717, 1.165) is 17.3 Å². The van der Waals surface area contributed by atoms with Crippen molar-refractivity contribution in [3.05, 3.63) is 11.9 Å². The molecule has 0 aliphatic carbocycles. The van der Waals surface area contributed by atoms with Gasteiger partial charge in [-0.05, 0) is 6.92 Å². The molecule has 1 aromatic heterocycles. The third-order valence-electron chi connectivity index (χ3n) is 4.46. The molecule has 2 fully saturated rings. The fourth-order valence-electron chi connectivity index (χ4n) is 3.08. The van der Waals surface area contributed by atoms with Gasteiger partial charge in [0.2, 0.25) is 5.91 Å². The summed E-state index contributed by atoms with van der Waals surface area (Å²) in [6.07, 6.45) is 1.40. The third kappa shape index (κ3) is 3.95. The minimum Gasteiger partial charge on any atom is -0.467 e. The molecule has 1 N–H and O–H groups in total. The Morgan fingerprint density at radius 2 is 2.24 bits per heavy atom. The largest absolute Gasteiger partial charge is 0.467 e. The van der Waals surface area contributed by atoms with Crippen LogP contribution in [0, 0.1) is 0 Å². The molecule has 2 unspecified atom stereocenters. The molecule has 3 rings (SSSR count). The van der Waals surface area contributed by atoms with Gasteiger partial charge < -0.3 is 14.7 Å². The van der Waals surface area contributed by atoms with Crippen molar-refractivity contribution in [1.82, 2.24) is 19.9 Å². The van der Waals surface area contributed by atoms with Crippen LogP contribution in [0.1, 0.15) is 31.2 Å². The van der Waals surface area contributed by atoms with E-state index in [-0.39, 0.29) is 17.2 Å². The maximum Gasteiger partial charge on any atom is 0.328 e. The summed E-state index contributed by atoms with van der Waals surface area (Å²) in [6.45, 7) is 2.01. The number of hydrogen-bond acceptors (Lipinski definition) is 8. The summed E-state index contributed by atoms with van der Waals surface area (Å²) in [7, 11) is 1.34. The molecule has 2 aliphatic heterocycles. The van der Waals surface area contributed by atoms with E-state index < -0.39 is 18.1 Å². The highest BCUT2D eigenvalue weighted by molar-refractivity contribution is 8.07. The van der Waals surface area contributed by atoms with Gasteiger partial charge in [-0.25, -0.2) is 9.48 Å². The molecule has 8 nitrogen and oxygen atoms in total. The molecule has 1 amide bonds. The standard InChI is InChI=1S/C15H22N4O4S2/c1-9(20)11-7-19(17-16-11)10-5-12(15(22)23-2)18(6-10)14(21)13-8-24-3-4-25-13/h7,9-10,12-13,20H,3-6,8H2,1-2H3/t9?,10-,12-,13?/m0/s1. The molecular weight excluding hydrogens is 364 g/mol. The van der Waals surface area contributed by atoms with Crippen LogP contribution in [0.2, 0.25) is 0 Å². The van der Waals surface area contributed by atoms with E-state index in [1.807, 2.05) is 0 Å². The van der Waals surface area contributed by atoms with Gasteiger partial charge in [0.25, 0.3) is 0 Å². The number of esters is 1. The topological polar surface area (TPSA) is 97.5 Å². The Bertz CT molecular complexity index is 633. The van der Waals surface area contributed by atoms with Gasteiger partial charge in [-0.3, -0.25) is 4.79 Å². The molecule has 0 spiro atoms. The number of thioether (sulfide) groups is 2. The predicted molar refractivity (Wildman–Crippen MR) is 95.4 cm³/mol. The van der Waals surface area contributed by atoms with Crippen LogP contribution < -0.4 is 0 Å². The van der Waals surface area contributed by atoms with E-state index >= 15 is 0 Å². The molecule has 0 bridgehead atoms. The summed E-state index contributed by atoms with van der Waals surface area (Å²) < 4.78 is 6.53. The maximum absolute atomic E-state index is 12.9. The highest BCUT2D eigenvalue weighted by Gasteiger charge is 2.43. The number of hydrogen-bond donors (Lipinski definition) is 1. The Morgan fingerprint density at radius 1 is 1.44 bits per heavy atom. The lowest BCUT2D eigenvalue weighted by Gasteiger charge is -2.28. The second kappa shape index (κ2) is 7.96. The van der Waals surface area contributed by atoms with Crippen LogP contribution >= 0.6 is 23.5 Å². The average Bonchev–Trinajstić information content (AvgIpc) is 3.28. The average molecular weight is 386 g/mol. The fraction of sp³-hybridized carbons (Fsp3) is 0.733. The molecular formula is C15H22N4O4S2. The van der Waals surface area contributed by atoms with Crippen molar-refractivity contribution in [2.45, 2.75) is 36.8 Å². The van der Waals surface area contributed by atoms with E-state index in [2.05, 4.69) is 10.3 Å². The van der Waals surface area contributed by atoms with Crippen molar-refractivity contribution in [2.75, 3.05) is 30.9 Å². The zero-order chi connectivity index (χ0) is 18.0. The summed E-state index contributed by atoms with van der Waals surface area (Å²) in [5.74, 6) is 2.36. The first-order chi connectivity index (χ1) is 12.0. The van der Waals surface area contributed by atoms with E-state index in [0.29, 0.717) is 18.7 Å². The number of aliphatic hydroxyl groups is 1. The second-order valence-corrected chi connectivity index (χ2v) is 8.61. The number of aliphatic hydroxyl groups excluding tert-OH is 1. The molecule has 3 heterocycles. The molecule has 0 radical (unpaired) electrons. The number of aromatic nitrogens is 3. The number of carbonyl (C=O) groups excluding carboxylic acids is 2. The summed E-state index contributed by atoms with van der Waals surface area (Å²) in [4.78, 5) is 26.7. The number of ether oxygens (including phenoxy) is 1. The first kappa shape index (κ1) is 18.5. The van der Waals surface area contributed by atoms with Crippen LogP contribution in [-0.2, 0) is 14.3 Å². The van der Waals surface area contributed by atoms with Crippen molar-refractivity contribution >= 4 is 35.4 Å². The van der Waals surface area contributed by atoms with Gasteiger partial charge in [-0.15, -0.1) is 16.9 Å². The van der Waals surface area contributed by atoms with Crippen LogP contribution in [0.3, 0.4) is 0 Å². The summed E-state index contributed by atoms with van der Waals surface area (Å²) in [6, 6.07) is -0.761. The van der Waals surface area contributed by atoms with Crippen molar-refractivity contribution in [2.24, 2.45) is 0 Å². The summed E-state index contributed by atoms with van der Waals surface area (Å²) in [5.41, 5.74) is 0.471. The zero-order valence-electron chi connectivity index (χ0n) is 14.2. The summed E-state index contributed by atoms with van der Waals surface area (Å²) in [5, 5.41) is 17.5. The van der Waals surface area contributed by atoms with Gasteiger partial charge in [0.05, 0.1) is 30.7 Å². The van der Waals surface area contributed by atoms with Gasteiger partial charge in [-0.1, -0.05) is 5.21 Å². The molecule has 10 heteroatoms. The van der Waals surface area contributed by atoms with Gasteiger partial charge >= 0.3 is 5.97 Å². The van der Waals surface area contributed by atoms with Crippen LogP contribution in [0.15, 0.2) is 6.20 Å². The quantitative estimate of drug-likeness (QED) is 0.747. The van der Waals surface area contributed by atoms with E-state index in [1.54, 1.807) is 46.2 Å². The predicted octanol–water partition coefficient (Wildman–Crippen LogP) is 0.495. The number of nitrogens with zero attached hydrogens (tertiary/aromatic N) is 4. The zero-order valence-corrected chi connectivity index (χ0v) is 15.8. The minimum absolute atomic E-state index is 0.00837. The molecule has 25 heavy (non-hydrogen) atoms. The smallest absolute Gasteiger partial charge is 0.328 e. The van der Waals surface area contributed by atoms with Crippen LogP contribution in [0.25, 0.3) is 0 Å². The van der Waals surface area contributed by atoms with Crippen LogP contribution in [0.4, 0.5) is 0 Å². The maximum atomic E-state index is 12.9. The number of methoxy groups -OCH3 is 1. The van der Waals surface area contributed by atoms with E-state index in [9.17, 15) is 14.7 Å². The molecule has 0 saturated carbocycles. The van der Waals surface area contributed by atoms with Crippen molar-refractivity contribution < 1.29 is 19.4 Å². The Labute approximate surface area is 154 Å². The van der Waals surface area contributed by atoms with E-state index in [1.165, 1.54) is 7.11 Å². The van der Waals surface area contributed by atoms with Crippen molar-refractivity contribution in [1.29, 1.82) is 0 Å². The SMILES string of the molecule is COC(=O)[C@@H]1C[C@H](n2cc(C(C)O)nn2)CN1C(=O)C1CSCCS1. The first-order valence-electron chi connectivity index (χ1n) is 8.18. The molecule has 4 atom stereocenters. The van der Waals surface area contributed by atoms with E-state index in [4.69, 9.17) is 4.74 Å². The fourth-order valence-corrected chi connectivity index (χ4v) is 5.70. The normalized spacial score (nSPS) is 28.0. The van der Waals surface area contributed by atoms with Crippen molar-refractivity contribution in [3.63, 3.8) is 0 Å². The number of amides is 1. The van der Waals surface area contributed by atoms with Crippen LogP contribution in [0.5, 0.6) is 0 Å². The van der Waals surface area contributed by atoms with Gasteiger partial charge in [0, 0.05) is 30.2 Å². The van der Waals surface area contributed by atoms with Gasteiger partial charge in [-0.2, -0.15) is 11.8 Å². The Morgan fingerprint density at radius 3 is 2.84 bits per heavy atom. The molecule has 138 valence electrons. The Kier molecular flexibility index (Phi) is 5.90. The highest BCUT2D eigenvalue weighted by atomic mass is 32.2. The Hall–Kier alpha value is -1.26. The minimum atomic E-state index is -0.708. The number of likely N-dealkylation sites (tertiary alicyclic amines) is 1. The van der Waals surface area contributed by atoms with Gasteiger partial charge in [0.15, 0.2) is 0 Å². The monoisotopic (exact) mass is 386 g/mol. The lowest BCUT2D eigenvalue weighted by Crippen LogP contribution is -2.46. The van der Waals surface area contributed by atoms with Crippen molar-refractivity contribution in [3.8, 4) is 0 Å². The highest BCUT2D eigenvalue weighted by Crippen LogP contribution is 2.32. The molecule has 1 aromatic rings. The molecule has 2 aliphatic rings. The third-order valence-corrected chi connectivity index (χ3v) is 7.20. The molecule has 2 saturated heterocycles. The molecule has 0 aromatic carbocycles. The number of carbonyl (C=O) groups is 2. The Balaban J connectivity index is 1.77. The lowest BCUT2D eigenvalue weighted by molar-refractivity contribution is -0.150. The van der Waals surface area contributed by atoms with Crippen LogP contribution in [-0.4, -0.2) is 79.1 Å². The van der Waals surface area contributed by atoms with Gasteiger partial charge in [0.1, 0.15) is 11.7 Å².